The van der Waals surface area contributed by atoms with Crippen LogP contribution in [0.2, 0.25) is 0 Å². The zero-order valence-corrected chi connectivity index (χ0v) is 29.9. The van der Waals surface area contributed by atoms with Crippen molar-refractivity contribution in [3.05, 3.63) is 120 Å². The fourth-order valence-electron chi connectivity index (χ4n) is 8.12. The summed E-state index contributed by atoms with van der Waals surface area (Å²) in [6.07, 6.45) is 12.8. The summed E-state index contributed by atoms with van der Waals surface area (Å²) in [6, 6.07) is 40.2. The van der Waals surface area contributed by atoms with E-state index in [0.717, 1.165) is 6.42 Å². The fourth-order valence-corrected chi connectivity index (χ4v) is 8.12. The van der Waals surface area contributed by atoms with Gasteiger partial charge >= 0.3 is 0 Å². The van der Waals surface area contributed by atoms with Gasteiger partial charge in [0.2, 0.25) is 0 Å². The molecule has 0 bridgehead atoms. The molecule has 48 heavy (non-hydrogen) atoms. The Bertz CT molecular complexity index is 2150. The lowest BCUT2D eigenvalue weighted by Crippen LogP contribution is -2.10. The number of hydrogen-bond donors (Lipinski definition) is 0. The summed E-state index contributed by atoms with van der Waals surface area (Å²) in [7, 11) is 0. The highest BCUT2D eigenvalue weighted by Gasteiger charge is 2.19. The Labute approximate surface area is 288 Å². The van der Waals surface area contributed by atoms with E-state index in [4.69, 9.17) is 0 Å². The molecule has 0 saturated heterocycles. The van der Waals surface area contributed by atoms with E-state index in [0.29, 0.717) is 0 Å². The summed E-state index contributed by atoms with van der Waals surface area (Å²) >= 11 is 0. The molecule has 7 aromatic rings. The molecular weight excluding hydrogens is 577 g/mol. The Kier molecular flexibility index (Phi) is 9.28. The van der Waals surface area contributed by atoms with Crippen molar-refractivity contribution in [2.45, 2.75) is 104 Å². The number of unbranched alkanes of at least 4 members (excludes halogenated alkanes) is 6. The largest absolute Gasteiger partial charge is 0.0654 e. The van der Waals surface area contributed by atoms with Gasteiger partial charge in [-0.05, 0) is 113 Å². The van der Waals surface area contributed by atoms with Gasteiger partial charge in [0.15, 0.2) is 0 Å². The third-order valence-electron chi connectivity index (χ3n) is 10.8. The number of benzene rings is 7. The van der Waals surface area contributed by atoms with Crippen LogP contribution in [0.15, 0.2) is 103 Å². The van der Waals surface area contributed by atoms with Gasteiger partial charge in [-0.25, -0.2) is 0 Å². The monoisotopic (exact) mass is 628 g/mol. The van der Waals surface area contributed by atoms with Gasteiger partial charge in [-0.1, -0.05) is 176 Å². The van der Waals surface area contributed by atoms with Crippen LogP contribution in [-0.4, -0.2) is 0 Å². The second-order valence-electron chi connectivity index (χ2n) is 15.2. The molecule has 0 saturated carbocycles. The topological polar surface area (TPSA) is 0 Å². The average Bonchev–Trinajstić information content (AvgIpc) is 3.10. The molecular formula is C48H52. The van der Waals surface area contributed by atoms with Crippen LogP contribution in [0.25, 0.3) is 65.3 Å². The van der Waals surface area contributed by atoms with E-state index in [-0.39, 0.29) is 5.41 Å². The van der Waals surface area contributed by atoms with Crippen LogP contribution in [0.5, 0.6) is 0 Å². The Morgan fingerprint density at radius 3 is 1.56 bits per heavy atom. The summed E-state index contributed by atoms with van der Waals surface area (Å²) in [6.45, 7) is 11.5. The molecule has 7 rings (SSSR count). The van der Waals surface area contributed by atoms with Gasteiger partial charge in [0, 0.05) is 0 Å². The Balaban J connectivity index is 1.37. The van der Waals surface area contributed by atoms with Crippen LogP contribution in [0, 0.1) is 0 Å². The van der Waals surface area contributed by atoms with Gasteiger partial charge in [0.25, 0.3) is 0 Å². The molecule has 0 aliphatic carbocycles. The van der Waals surface area contributed by atoms with Crippen molar-refractivity contribution in [2.75, 3.05) is 0 Å². The number of rotatable bonds is 12. The molecule has 244 valence electrons. The van der Waals surface area contributed by atoms with E-state index in [2.05, 4.69) is 138 Å². The Morgan fingerprint density at radius 2 is 0.958 bits per heavy atom. The Hall–Kier alpha value is -4.16. The predicted octanol–water partition coefficient (Wildman–Crippen LogP) is 14.6. The van der Waals surface area contributed by atoms with Gasteiger partial charge in [-0.15, -0.1) is 0 Å². The van der Waals surface area contributed by atoms with Crippen molar-refractivity contribution >= 4 is 43.1 Å². The summed E-state index contributed by atoms with van der Waals surface area (Å²) in [4.78, 5) is 0. The van der Waals surface area contributed by atoms with E-state index >= 15 is 0 Å². The Morgan fingerprint density at radius 1 is 0.438 bits per heavy atom. The van der Waals surface area contributed by atoms with E-state index in [1.54, 1.807) is 0 Å². The van der Waals surface area contributed by atoms with Crippen molar-refractivity contribution < 1.29 is 0 Å². The molecule has 0 amide bonds. The first-order chi connectivity index (χ1) is 23.4. The van der Waals surface area contributed by atoms with Crippen LogP contribution in [0.3, 0.4) is 0 Å². The maximum absolute atomic E-state index is 2.55. The minimum Gasteiger partial charge on any atom is -0.0654 e. The SMILES string of the molecule is CCCCCCc1ccc(-c2ccc3c4ccc(-c5ccc(C(C)(C)C)cc5)c5cccc(c6cccc2c63)c54)c(CCCCCC)c1. The maximum Gasteiger partial charge on any atom is -0.00201 e. The lowest BCUT2D eigenvalue weighted by atomic mass is 9.83. The molecule has 0 aromatic heterocycles. The van der Waals surface area contributed by atoms with E-state index in [1.807, 2.05) is 0 Å². The second kappa shape index (κ2) is 13.8. The molecule has 0 heteroatoms. The summed E-state index contributed by atoms with van der Waals surface area (Å²) in [5.74, 6) is 0. The minimum atomic E-state index is 0.145. The van der Waals surface area contributed by atoms with Crippen LogP contribution >= 0.6 is 0 Å². The first-order valence-corrected chi connectivity index (χ1v) is 18.7. The normalized spacial score (nSPS) is 12.3. The number of fused-ring (bicyclic) bond motifs is 2. The van der Waals surface area contributed by atoms with Gasteiger partial charge in [-0.3, -0.25) is 0 Å². The standard InChI is InChI=1S/C48H52/c1-6-8-10-12-16-33-22-27-38(35(32-33)17-13-11-9-7-2)39-29-31-45-44-30-28-37(34-23-25-36(26-24-34)48(3,4)5)40-18-14-20-42(46(40)44)43-21-15-19-41(39)47(43)45/h14-15,18-32H,6-13,16-17H2,1-5H3. The van der Waals surface area contributed by atoms with Crippen LogP contribution in [0.4, 0.5) is 0 Å². The molecule has 0 radical (unpaired) electrons. The van der Waals surface area contributed by atoms with Crippen LogP contribution in [-0.2, 0) is 18.3 Å². The molecule has 0 unspecified atom stereocenters. The van der Waals surface area contributed by atoms with Crippen LogP contribution in [0.1, 0.15) is 103 Å². The first-order valence-electron chi connectivity index (χ1n) is 18.7. The van der Waals surface area contributed by atoms with Gasteiger partial charge in [0.05, 0.1) is 0 Å². The molecule has 7 aromatic carbocycles. The second-order valence-corrected chi connectivity index (χ2v) is 15.2. The predicted molar refractivity (Wildman–Crippen MR) is 213 cm³/mol. The molecule has 0 fully saturated rings. The third-order valence-corrected chi connectivity index (χ3v) is 10.8. The molecule has 0 aliphatic rings. The van der Waals surface area contributed by atoms with Crippen molar-refractivity contribution in [3.63, 3.8) is 0 Å². The highest BCUT2D eigenvalue weighted by Crippen LogP contribution is 2.45. The lowest BCUT2D eigenvalue weighted by Gasteiger charge is -2.20. The lowest BCUT2D eigenvalue weighted by molar-refractivity contribution is 0.590. The van der Waals surface area contributed by atoms with Gasteiger partial charge < -0.3 is 0 Å². The molecule has 0 atom stereocenters. The smallest absolute Gasteiger partial charge is 0.00201 e. The molecule has 0 N–H and O–H groups in total. The first kappa shape index (κ1) is 32.4. The number of hydrogen-bond acceptors (Lipinski definition) is 0. The van der Waals surface area contributed by atoms with E-state index < -0.39 is 0 Å². The zero-order valence-electron chi connectivity index (χ0n) is 29.9. The maximum atomic E-state index is 2.55. The summed E-state index contributed by atoms with van der Waals surface area (Å²) < 4.78 is 0. The molecule has 0 spiro atoms. The fraction of sp³-hybridized carbons (Fsp3) is 0.333. The number of aryl methyl sites for hydroxylation is 2. The molecule has 0 aliphatic heterocycles. The molecule has 0 heterocycles. The van der Waals surface area contributed by atoms with Crippen LogP contribution < -0.4 is 0 Å². The van der Waals surface area contributed by atoms with Gasteiger partial charge in [-0.2, -0.15) is 0 Å². The highest BCUT2D eigenvalue weighted by molar-refractivity contribution is 6.35. The minimum absolute atomic E-state index is 0.145. The van der Waals surface area contributed by atoms with Crippen molar-refractivity contribution in [3.8, 4) is 22.3 Å². The quantitative estimate of drug-likeness (QED) is 0.0717. The van der Waals surface area contributed by atoms with Gasteiger partial charge in [0.1, 0.15) is 0 Å². The average molecular weight is 629 g/mol. The molecule has 0 nitrogen and oxygen atoms in total. The van der Waals surface area contributed by atoms with Crippen molar-refractivity contribution in [1.29, 1.82) is 0 Å². The van der Waals surface area contributed by atoms with Crippen molar-refractivity contribution in [2.24, 2.45) is 0 Å². The highest BCUT2D eigenvalue weighted by atomic mass is 14.2. The van der Waals surface area contributed by atoms with E-state index in [1.165, 1.54) is 140 Å². The third kappa shape index (κ3) is 6.11. The zero-order chi connectivity index (χ0) is 33.3. The summed E-state index contributed by atoms with van der Waals surface area (Å²) in [5, 5.41) is 10.9. The van der Waals surface area contributed by atoms with Crippen molar-refractivity contribution in [1.82, 2.24) is 0 Å². The van der Waals surface area contributed by atoms with E-state index in [9.17, 15) is 0 Å². The summed E-state index contributed by atoms with van der Waals surface area (Å²) in [5.41, 5.74) is 9.95.